The first-order valence-corrected chi connectivity index (χ1v) is 13.8. The molecule has 0 bridgehead atoms. The van der Waals surface area contributed by atoms with E-state index in [9.17, 15) is 22.4 Å². The Kier molecular flexibility index (Phi) is 10.1. The van der Waals surface area contributed by atoms with Crippen LogP contribution < -0.4 is 25.6 Å². The molecule has 0 saturated carbocycles. The lowest BCUT2D eigenvalue weighted by Crippen LogP contribution is -2.29. The molecule has 1 amide bonds. The maximum atomic E-state index is 14.6. The van der Waals surface area contributed by atoms with Crippen molar-refractivity contribution < 1.29 is 27.1 Å². The Balaban J connectivity index is 1.75. The quantitative estimate of drug-likeness (QED) is 0.153. The van der Waals surface area contributed by atoms with Crippen molar-refractivity contribution in [2.24, 2.45) is 0 Å². The van der Waals surface area contributed by atoms with Crippen LogP contribution in [-0.2, 0) is 4.79 Å². The van der Waals surface area contributed by atoms with Crippen LogP contribution in [0.5, 0.6) is 5.75 Å². The minimum absolute atomic E-state index is 0.0634. The monoisotopic (exact) mass is 613 g/mol. The number of nitrogens with zero attached hydrogens (tertiary/aromatic N) is 4. The van der Waals surface area contributed by atoms with Gasteiger partial charge in [0.15, 0.2) is 5.83 Å². The lowest BCUT2D eigenvalue weighted by Gasteiger charge is -2.26. The average Bonchev–Trinajstić information content (AvgIpc) is 2.97. The number of likely N-dealkylation sites (N-methyl/N-ethyl adjacent to an activating group) is 2. The minimum Gasteiger partial charge on any atom is -0.494 e. The number of rotatable bonds is 12. The Hall–Kier alpha value is -4.65. The van der Waals surface area contributed by atoms with Crippen molar-refractivity contribution in [3.63, 3.8) is 0 Å². The van der Waals surface area contributed by atoms with Crippen molar-refractivity contribution in [3.05, 3.63) is 72.5 Å². The zero-order valence-corrected chi connectivity index (χ0v) is 25.0. The fourth-order valence-corrected chi connectivity index (χ4v) is 4.53. The number of hydrogen-bond donors (Lipinski definition) is 3. The number of carbonyl (C=O) groups is 1. The van der Waals surface area contributed by atoms with Crippen molar-refractivity contribution in [1.29, 1.82) is 0 Å². The second-order valence-electron chi connectivity index (χ2n) is 10.6. The molecule has 44 heavy (non-hydrogen) atoms. The highest BCUT2D eigenvalue weighted by Crippen LogP contribution is 2.40. The van der Waals surface area contributed by atoms with E-state index in [1.807, 2.05) is 30.9 Å². The number of anilines is 6. The second kappa shape index (κ2) is 13.8. The number of amides is 1. The normalized spacial score (nSPS) is 14.1. The van der Waals surface area contributed by atoms with Crippen LogP contribution in [0.15, 0.2) is 61.1 Å². The molecule has 0 aliphatic heterocycles. The molecule has 3 aromatic rings. The number of ether oxygens (including phenoxy) is 1. The number of carbonyl (C=O) groups excluding carboxylic acids is 1. The van der Waals surface area contributed by atoms with Crippen molar-refractivity contribution in [1.82, 2.24) is 14.9 Å². The third-order valence-electron chi connectivity index (χ3n) is 7.02. The predicted molar refractivity (Wildman–Crippen MR) is 165 cm³/mol. The standard InChI is InChI=1S/C31H35F4N7O2/c1-19(32)29(43)38-24-16-25(27(44-5)17-26(24)42(4)15-14-41(2)3)39-30-36-18-21(20-10-12-31(34,35)13-11-20)28(40-30)37-23-9-7-6-8-22(23)33/h6-10,16-18H,1,11-15H2,2-5H3,(H,38,43)(H2,36,37,39,40). The van der Waals surface area contributed by atoms with Crippen molar-refractivity contribution in [3.8, 4) is 5.75 Å². The molecule has 1 heterocycles. The van der Waals surface area contributed by atoms with Gasteiger partial charge in [-0.25, -0.2) is 22.5 Å². The van der Waals surface area contributed by atoms with Gasteiger partial charge in [0.1, 0.15) is 17.4 Å². The lowest BCUT2D eigenvalue weighted by atomic mass is 9.92. The van der Waals surface area contributed by atoms with Crippen LogP contribution in [0.2, 0.25) is 0 Å². The molecule has 1 aliphatic rings. The summed E-state index contributed by atoms with van der Waals surface area (Å²) in [4.78, 5) is 25.1. The van der Waals surface area contributed by atoms with Gasteiger partial charge in [-0.2, -0.15) is 4.98 Å². The van der Waals surface area contributed by atoms with Gasteiger partial charge >= 0.3 is 0 Å². The van der Waals surface area contributed by atoms with Crippen LogP contribution in [0.25, 0.3) is 5.57 Å². The summed E-state index contributed by atoms with van der Waals surface area (Å²) in [7, 11) is 7.14. The summed E-state index contributed by atoms with van der Waals surface area (Å²) in [6.45, 7) is 4.36. The van der Waals surface area contributed by atoms with E-state index in [-0.39, 0.29) is 36.0 Å². The van der Waals surface area contributed by atoms with Gasteiger partial charge in [-0.3, -0.25) is 4.79 Å². The number of aromatic nitrogens is 2. The van der Waals surface area contributed by atoms with E-state index in [0.717, 1.165) is 0 Å². The molecule has 1 aromatic heterocycles. The van der Waals surface area contributed by atoms with Gasteiger partial charge in [0, 0.05) is 50.8 Å². The molecule has 4 rings (SSSR count). The summed E-state index contributed by atoms with van der Waals surface area (Å²) in [5.41, 5.74) is 2.36. The Morgan fingerprint density at radius 3 is 2.48 bits per heavy atom. The summed E-state index contributed by atoms with van der Waals surface area (Å²) in [6, 6.07) is 9.23. The first-order chi connectivity index (χ1) is 20.9. The summed E-state index contributed by atoms with van der Waals surface area (Å²) in [5.74, 6) is -4.86. The van der Waals surface area contributed by atoms with Crippen molar-refractivity contribution in [2.75, 3.05) is 62.2 Å². The third kappa shape index (κ3) is 8.04. The van der Waals surface area contributed by atoms with E-state index in [1.165, 1.54) is 31.5 Å². The maximum absolute atomic E-state index is 14.6. The van der Waals surface area contributed by atoms with E-state index in [1.54, 1.807) is 24.3 Å². The number of alkyl halides is 2. The van der Waals surface area contributed by atoms with E-state index >= 15 is 0 Å². The van der Waals surface area contributed by atoms with E-state index in [0.29, 0.717) is 41.4 Å². The van der Waals surface area contributed by atoms with E-state index in [2.05, 4.69) is 32.5 Å². The fourth-order valence-electron chi connectivity index (χ4n) is 4.53. The molecule has 3 N–H and O–H groups in total. The molecule has 1 aliphatic carbocycles. The summed E-state index contributed by atoms with van der Waals surface area (Å²) in [6.07, 6.45) is 2.26. The number of benzene rings is 2. The van der Waals surface area contributed by atoms with Crippen LogP contribution in [0, 0.1) is 5.82 Å². The molecule has 2 aromatic carbocycles. The van der Waals surface area contributed by atoms with Crippen LogP contribution in [-0.4, -0.2) is 68.0 Å². The largest absolute Gasteiger partial charge is 0.494 e. The number of hydrogen-bond acceptors (Lipinski definition) is 8. The van der Waals surface area contributed by atoms with E-state index < -0.39 is 29.9 Å². The van der Waals surface area contributed by atoms with Crippen molar-refractivity contribution >= 4 is 46.0 Å². The zero-order chi connectivity index (χ0) is 32.0. The Morgan fingerprint density at radius 1 is 1.09 bits per heavy atom. The molecule has 0 spiro atoms. The van der Waals surface area contributed by atoms with Crippen LogP contribution in [0.3, 0.4) is 0 Å². The molecule has 0 radical (unpaired) electrons. The average molecular weight is 614 g/mol. The third-order valence-corrected chi connectivity index (χ3v) is 7.02. The number of halogens is 4. The number of methoxy groups -OCH3 is 1. The molecule has 234 valence electrons. The highest BCUT2D eigenvalue weighted by atomic mass is 19.3. The maximum Gasteiger partial charge on any atom is 0.283 e. The molecule has 0 saturated heterocycles. The molecule has 0 unspecified atom stereocenters. The van der Waals surface area contributed by atoms with Crippen molar-refractivity contribution in [2.45, 2.75) is 25.2 Å². The molecular formula is C31H35F4N7O2. The van der Waals surface area contributed by atoms with Crippen LogP contribution in [0.4, 0.5) is 52.1 Å². The van der Waals surface area contributed by atoms with E-state index in [4.69, 9.17) is 4.74 Å². The lowest BCUT2D eigenvalue weighted by molar-refractivity contribution is -0.114. The Morgan fingerprint density at radius 2 is 1.84 bits per heavy atom. The summed E-state index contributed by atoms with van der Waals surface area (Å²) < 4.78 is 61.6. The van der Waals surface area contributed by atoms with Gasteiger partial charge in [0.2, 0.25) is 5.95 Å². The first-order valence-electron chi connectivity index (χ1n) is 13.8. The SMILES string of the molecule is C=C(F)C(=O)Nc1cc(Nc2ncc(C3=CCC(F)(F)CC3)c(Nc3ccccc3F)n2)c(OC)cc1N(C)CCN(C)C. The summed E-state index contributed by atoms with van der Waals surface area (Å²) >= 11 is 0. The number of allylic oxidation sites excluding steroid dienone is 2. The fraction of sp³-hybridized carbons (Fsp3) is 0.323. The highest BCUT2D eigenvalue weighted by molar-refractivity contribution is 6.04. The minimum atomic E-state index is -2.80. The number of para-hydroxylation sites is 1. The van der Waals surface area contributed by atoms with Gasteiger partial charge in [-0.05, 0) is 44.3 Å². The predicted octanol–water partition coefficient (Wildman–Crippen LogP) is 6.73. The van der Waals surface area contributed by atoms with Gasteiger partial charge in [-0.1, -0.05) is 24.8 Å². The van der Waals surface area contributed by atoms with Gasteiger partial charge in [0.25, 0.3) is 11.8 Å². The highest BCUT2D eigenvalue weighted by Gasteiger charge is 2.32. The van der Waals surface area contributed by atoms with Crippen LogP contribution >= 0.6 is 0 Å². The zero-order valence-electron chi connectivity index (χ0n) is 25.0. The van der Waals surface area contributed by atoms with Gasteiger partial charge in [-0.15, -0.1) is 0 Å². The molecule has 0 fully saturated rings. The van der Waals surface area contributed by atoms with Gasteiger partial charge < -0.3 is 30.5 Å². The summed E-state index contributed by atoms with van der Waals surface area (Å²) in [5, 5.41) is 8.56. The molecule has 0 atom stereocenters. The van der Waals surface area contributed by atoms with Crippen LogP contribution in [0.1, 0.15) is 24.8 Å². The Labute approximate surface area is 253 Å². The topological polar surface area (TPSA) is 94.6 Å². The molecule has 9 nitrogen and oxygen atoms in total. The molecule has 13 heteroatoms. The molecular weight excluding hydrogens is 578 g/mol. The number of nitrogens with one attached hydrogen (secondary N) is 3. The smallest absolute Gasteiger partial charge is 0.283 e. The second-order valence-corrected chi connectivity index (χ2v) is 10.6. The Bertz CT molecular complexity index is 1560. The first kappa shape index (κ1) is 32.3. The van der Waals surface area contributed by atoms with Gasteiger partial charge in [0.05, 0.1) is 29.9 Å².